The Balaban J connectivity index is 1.22. The van der Waals surface area contributed by atoms with Crippen molar-refractivity contribution in [1.29, 1.82) is 5.26 Å². The van der Waals surface area contributed by atoms with E-state index in [4.69, 9.17) is 4.42 Å². The zero-order valence-corrected chi connectivity index (χ0v) is 29.2. The first-order valence-corrected chi connectivity index (χ1v) is 18.6. The van der Waals surface area contributed by atoms with E-state index in [0.717, 1.165) is 44.2 Å². The van der Waals surface area contributed by atoms with Gasteiger partial charge >= 0.3 is 0 Å². The highest BCUT2D eigenvalue weighted by Crippen LogP contribution is 2.46. The average molecular weight is 693 g/mol. The Labute approximate surface area is 308 Å². The molecule has 0 fully saturated rings. The molecule has 11 aromatic rings. The van der Waals surface area contributed by atoms with Crippen LogP contribution in [-0.4, -0.2) is 4.57 Å². The minimum absolute atomic E-state index is 0.524. The predicted molar refractivity (Wildman–Crippen MR) is 222 cm³/mol. The van der Waals surface area contributed by atoms with E-state index in [1.165, 1.54) is 53.2 Å². The molecular weight excluding hydrogens is 665 g/mol. The zero-order valence-electron chi connectivity index (χ0n) is 28.4. The molecule has 0 saturated carbocycles. The summed E-state index contributed by atoms with van der Waals surface area (Å²) in [4.78, 5) is 0. The third-order valence-electron chi connectivity index (χ3n) is 10.7. The minimum atomic E-state index is 0.524. The Morgan fingerprint density at radius 3 is 1.75 bits per heavy atom. The molecule has 0 spiro atoms. The topological polar surface area (TPSA) is 41.9 Å². The number of furan rings is 1. The van der Waals surface area contributed by atoms with Crippen molar-refractivity contribution in [3.63, 3.8) is 0 Å². The Bertz CT molecular complexity index is 3190. The van der Waals surface area contributed by atoms with Gasteiger partial charge in [0.25, 0.3) is 0 Å². The fraction of sp³-hybridized carbons (Fsp3) is 0. The summed E-state index contributed by atoms with van der Waals surface area (Å²) < 4.78 is 11.7. The summed E-state index contributed by atoms with van der Waals surface area (Å²) in [6.45, 7) is 0. The van der Waals surface area contributed by atoms with Crippen LogP contribution >= 0.6 is 11.3 Å². The number of nitriles is 1. The van der Waals surface area contributed by atoms with Gasteiger partial charge in [-0.25, -0.2) is 0 Å². The number of fused-ring (bicyclic) bond motifs is 9. The molecule has 0 bridgehead atoms. The number of rotatable bonds is 4. The number of thiophene rings is 1. The van der Waals surface area contributed by atoms with Gasteiger partial charge in [0.05, 0.1) is 22.3 Å². The van der Waals surface area contributed by atoms with Gasteiger partial charge in [-0.3, -0.25) is 0 Å². The highest BCUT2D eigenvalue weighted by atomic mass is 32.1. The maximum Gasteiger partial charge on any atom is 0.159 e. The Hall–Kier alpha value is -6.93. The molecule has 3 nitrogen and oxygen atoms in total. The molecule has 0 aliphatic rings. The van der Waals surface area contributed by atoms with Gasteiger partial charge in [-0.15, -0.1) is 11.3 Å². The van der Waals surface area contributed by atoms with E-state index >= 15 is 0 Å². The highest BCUT2D eigenvalue weighted by molar-refractivity contribution is 7.25. The van der Waals surface area contributed by atoms with Crippen LogP contribution in [0.2, 0.25) is 0 Å². The molecule has 0 aliphatic heterocycles. The second kappa shape index (κ2) is 11.5. The molecule has 8 aromatic carbocycles. The van der Waals surface area contributed by atoms with Gasteiger partial charge in [-0.2, -0.15) is 5.26 Å². The molecule has 0 N–H and O–H groups in total. The zero-order chi connectivity index (χ0) is 35.0. The summed E-state index contributed by atoms with van der Waals surface area (Å²) in [5, 5.41) is 17.1. The van der Waals surface area contributed by atoms with Crippen LogP contribution in [-0.2, 0) is 0 Å². The van der Waals surface area contributed by atoms with Gasteiger partial charge in [0.15, 0.2) is 11.2 Å². The SMILES string of the molecule is N#Cc1ccc(-c2cccc3sc4ccccc4c23)c2c1oc1c(-n3c4ccc(-c5ccccc5)cc4c4cc(-c5ccccc5)ccc43)cccc12. The van der Waals surface area contributed by atoms with Gasteiger partial charge in [0, 0.05) is 41.7 Å². The summed E-state index contributed by atoms with van der Waals surface area (Å²) in [7, 11) is 0. The van der Waals surface area contributed by atoms with Crippen LogP contribution in [0.3, 0.4) is 0 Å². The fourth-order valence-electron chi connectivity index (χ4n) is 8.28. The van der Waals surface area contributed by atoms with Crippen molar-refractivity contribution in [2.24, 2.45) is 0 Å². The standard InChI is InChI=1S/C49H28N2OS/c50-29-34-21-24-36(35-16-10-20-45-46(35)37-15-7-8-19-44(37)53-45)47-38-17-9-18-43(49(38)52-48(34)47)51-41-25-22-32(30-11-3-1-4-12-30)27-39(41)40-28-33(23-26-42(40)51)31-13-5-2-6-14-31/h1-28H. The van der Waals surface area contributed by atoms with E-state index < -0.39 is 0 Å². The van der Waals surface area contributed by atoms with E-state index in [-0.39, 0.29) is 0 Å². The summed E-state index contributed by atoms with van der Waals surface area (Å²) >= 11 is 1.81. The van der Waals surface area contributed by atoms with Gasteiger partial charge in [0.2, 0.25) is 0 Å². The Kier molecular flexibility index (Phi) is 6.48. The van der Waals surface area contributed by atoms with Crippen molar-refractivity contribution in [2.45, 2.75) is 0 Å². The predicted octanol–water partition coefficient (Wildman–Crippen LogP) is 13.9. The van der Waals surface area contributed by atoms with E-state index in [1.807, 2.05) is 17.4 Å². The average Bonchev–Trinajstić information content (AvgIpc) is 3.91. The van der Waals surface area contributed by atoms with Crippen LogP contribution in [0.4, 0.5) is 0 Å². The lowest BCUT2D eigenvalue weighted by atomic mass is 9.94. The molecular formula is C49H28N2OS. The lowest BCUT2D eigenvalue weighted by Gasteiger charge is -2.10. The van der Waals surface area contributed by atoms with Gasteiger partial charge < -0.3 is 8.98 Å². The summed E-state index contributed by atoms with van der Waals surface area (Å²) in [5.74, 6) is 0. The molecule has 4 heteroatoms. The van der Waals surface area contributed by atoms with Crippen LogP contribution in [0.15, 0.2) is 174 Å². The van der Waals surface area contributed by atoms with E-state index in [0.29, 0.717) is 11.1 Å². The monoisotopic (exact) mass is 692 g/mol. The summed E-state index contributed by atoms with van der Waals surface area (Å²) in [6.07, 6.45) is 0. The normalized spacial score (nSPS) is 11.8. The lowest BCUT2D eigenvalue weighted by Crippen LogP contribution is -1.94. The molecule has 0 saturated heterocycles. The van der Waals surface area contributed by atoms with Crippen molar-refractivity contribution in [3.05, 3.63) is 175 Å². The van der Waals surface area contributed by atoms with E-state index in [9.17, 15) is 5.26 Å². The van der Waals surface area contributed by atoms with E-state index in [1.54, 1.807) is 0 Å². The van der Waals surface area contributed by atoms with Crippen LogP contribution in [0, 0.1) is 11.3 Å². The maximum atomic E-state index is 10.4. The largest absolute Gasteiger partial charge is 0.452 e. The smallest absolute Gasteiger partial charge is 0.159 e. The molecule has 0 unspecified atom stereocenters. The van der Waals surface area contributed by atoms with Crippen LogP contribution in [0.5, 0.6) is 0 Å². The summed E-state index contributed by atoms with van der Waals surface area (Å²) in [6, 6.07) is 62.6. The third kappa shape index (κ3) is 4.45. The molecule has 0 amide bonds. The fourth-order valence-corrected chi connectivity index (χ4v) is 9.41. The number of nitrogens with zero attached hydrogens (tertiary/aromatic N) is 2. The van der Waals surface area contributed by atoms with Gasteiger partial charge in [-0.1, -0.05) is 121 Å². The van der Waals surface area contributed by atoms with E-state index in [2.05, 4.69) is 174 Å². The second-order valence-electron chi connectivity index (χ2n) is 13.5. The quantitative estimate of drug-likeness (QED) is 0.184. The van der Waals surface area contributed by atoms with Gasteiger partial charge in [0.1, 0.15) is 6.07 Å². The molecule has 0 atom stereocenters. The van der Waals surface area contributed by atoms with Crippen molar-refractivity contribution in [2.75, 3.05) is 0 Å². The maximum absolute atomic E-state index is 10.4. The Morgan fingerprint density at radius 1 is 0.453 bits per heavy atom. The van der Waals surface area contributed by atoms with Crippen LogP contribution in [0.1, 0.15) is 5.56 Å². The molecule has 3 heterocycles. The first kappa shape index (κ1) is 29.8. The first-order valence-electron chi connectivity index (χ1n) is 17.7. The number of benzene rings is 8. The van der Waals surface area contributed by atoms with Crippen molar-refractivity contribution in [3.8, 4) is 45.1 Å². The van der Waals surface area contributed by atoms with Crippen LogP contribution in [0.25, 0.3) is 103 Å². The molecule has 11 rings (SSSR count). The number of para-hydroxylation sites is 1. The first-order chi connectivity index (χ1) is 26.2. The summed E-state index contributed by atoms with van der Waals surface area (Å²) in [5.41, 5.74) is 11.9. The molecule has 0 aliphatic carbocycles. The van der Waals surface area contributed by atoms with Gasteiger partial charge in [-0.05, 0) is 81.9 Å². The number of hydrogen-bond donors (Lipinski definition) is 0. The lowest BCUT2D eigenvalue weighted by molar-refractivity contribution is 0.665. The van der Waals surface area contributed by atoms with Crippen molar-refractivity contribution >= 4 is 75.3 Å². The molecule has 246 valence electrons. The van der Waals surface area contributed by atoms with Crippen molar-refractivity contribution < 1.29 is 4.42 Å². The minimum Gasteiger partial charge on any atom is -0.452 e. The third-order valence-corrected chi connectivity index (χ3v) is 11.8. The second-order valence-corrected chi connectivity index (χ2v) is 14.6. The van der Waals surface area contributed by atoms with Crippen molar-refractivity contribution in [1.82, 2.24) is 4.57 Å². The highest BCUT2D eigenvalue weighted by Gasteiger charge is 2.23. The van der Waals surface area contributed by atoms with Crippen LogP contribution < -0.4 is 0 Å². The molecule has 3 aromatic heterocycles. The Morgan fingerprint density at radius 2 is 1.06 bits per heavy atom. The molecule has 0 radical (unpaired) electrons. The number of hydrogen-bond acceptors (Lipinski definition) is 3. The molecule has 53 heavy (non-hydrogen) atoms. The number of aromatic nitrogens is 1.